The highest BCUT2D eigenvalue weighted by atomic mass is 16.1. The van der Waals surface area contributed by atoms with Crippen molar-refractivity contribution in [3.63, 3.8) is 0 Å². The summed E-state index contributed by atoms with van der Waals surface area (Å²) in [7, 11) is 0. The van der Waals surface area contributed by atoms with Gasteiger partial charge < -0.3 is 14.9 Å². The monoisotopic (exact) mass is 360 g/mol. The lowest BCUT2D eigenvalue weighted by Crippen LogP contribution is -2.07. The summed E-state index contributed by atoms with van der Waals surface area (Å²) >= 11 is 0. The van der Waals surface area contributed by atoms with Crippen LogP contribution in [0.25, 0.3) is 22.4 Å². The van der Waals surface area contributed by atoms with Gasteiger partial charge >= 0.3 is 0 Å². The fourth-order valence-electron chi connectivity index (χ4n) is 3.08. The van der Waals surface area contributed by atoms with E-state index in [1.54, 1.807) is 12.5 Å². The molecule has 7 nitrogen and oxygen atoms in total. The summed E-state index contributed by atoms with van der Waals surface area (Å²) in [6.45, 7) is 5.11. The maximum absolute atomic E-state index is 12.3. The molecule has 2 N–H and O–H groups in total. The Hall–Kier alpha value is -3.48. The van der Waals surface area contributed by atoms with Gasteiger partial charge in [-0.25, -0.2) is 4.98 Å². The number of pyridine rings is 2. The molecule has 0 fully saturated rings. The first kappa shape index (κ1) is 17.0. The number of aromatic amines is 1. The molecule has 136 valence electrons. The Kier molecular flexibility index (Phi) is 4.42. The van der Waals surface area contributed by atoms with Gasteiger partial charge in [0.1, 0.15) is 17.8 Å². The van der Waals surface area contributed by atoms with Crippen molar-refractivity contribution in [1.82, 2.24) is 24.7 Å². The maximum atomic E-state index is 12.3. The van der Waals surface area contributed by atoms with Crippen molar-refractivity contribution in [2.24, 2.45) is 5.92 Å². The predicted molar refractivity (Wildman–Crippen MR) is 106 cm³/mol. The lowest BCUT2D eigenvalue weighted by molar-refractivity contribution is 0.525. The Bertz CT molecular complexity index is 1140. The second-order valence-electron chi connectivity index (χ2n) is 6.80. The van der Waals surface area contributed by atoms with Crippen molar-refractivity contribution in [3.05, 3.63) is 65.2 Å². The summed E-state index contributed by atoms with van der Waals surface area (Å²) in [5.74, 6) is 1.84. The number of nitrogens with one attached hydrogen (secondary N) is 2. The molecule has 4 aromatic rings. The van der Waals surface area contributed by atoms with E-state index in [-0.39, 0.29) is 5.43 Å². The van der Waals surface area contributed by atoms with Gasteiger partial charge in [0, 0.05) is 18.8 Å². The molecule has 0 saturated heterocycles. The van der Waals surface area contributed by atoms with Crippen molar-refractivity contribution in [1.29, 1.82) is 0 Å². The Labute approximate surface area is 156 Å². The molecule has 27 heavy (non-hydrogen) atoms. The van der Waals surface area contributed by atoms with E-state index in [4.69, 9.17) is 0 Å². The molecule has 3 aromatic heterocycles. The largest absolute Gasteiger partial charge is 0.361 e. The highest BCUT2D eigenvalue weighted by Gasteiger charge is 2.11. The molecule has 7 heteroatoms. The first-order chi connectivity index (χ1) is 13.1. The van der Waals surface area contributed by atoms with Gasteiger partial charge in [0.05, 0.1) is 16.6 Å². The van der Waals surface area contributed by atoms with Crippen LogP contribution in [0.4, 0.5) is 11.5 Å². The zero-order valence-electron chi connectivity index (χ0n) is 15.2. The minimum atomic E-state index is -0.0420. The SMILES string of the molecule is CC(C)Cn1cnnc1-c1cccc(Nc2cccc3[nH]ccc(=O)c23)n1. The van der Waals surface area contributed by atoms with Gasteiger partial charge in [0.15, 0.2) is 11.3 Å². The third-order valence-corrected chi connectivity index (χ3v) is 4.20. The lowest BCUT2D eigenvalue weighted by atomic mass is 10.1. The van der Waals surface area contributed by atoms with E-state index in [0.717, 1.165) is 23.6 Å². The zero-order chi connectivity index (χ0) is 18.8. The standard InChI is InChI=1S/C20H20N6O/c1-13(2)11-26-12-22-25-20(26)16-7-4-8-18(24-16)23-15-6-3-5-14-19(15)17(27)9-10-21-14/h3-10,12-13H,11H2,1-2H3,(H,21,27)(H,23,24). The molecule has 0 atom stereocenters. The number of hydrogen-bond donors (Lipinski definition) is 2. The molecule has 0 unspecified atom stereocenters. The number of benzene rings is 1. The van der Waals surface area contributed by atoms with Gasteiger partial charge in [-0.3, -0.25) is 4.79 Å². The molecule has 0 saturated carbocycles. The number of rotatable bonds is 5. The number of nitrogens with zero attached hydrogens (tertiary/aromatic N) is 4. The summed E-state index contributed by atoms with van der Waals surface area (Å²) in [6.07, 6.45) is 3.37. The van der Waals surface area contributed by atoms with Crippen molar-refractivity contribution in [2.75, 3.05) is 5.32 Å². The van der Waals surface area contributed by atoms with Crippen molar-refractivity contribution < 1.29 is 0 Å². The molecule has 0 spiro atoms. The Morgan fingerprint density at radius 2 is 2.00 bits per heavy atom. The van der Waals surface area contributed by atoms with Gasteiger partial charge in [-0.2, -0.15) is 0 Å². The number of H-pyrrole nitrogens is 1. The molecule has 0 radical (unpaired) electrons. The molecule has 0 aliphatic carbocycles. The molecule has 0 amide bonds. The van der Waals surface area contributed by atoms with Crippen molar-refractivity contribution in [3.8, 4) is 11.5 Å². The van der Waals surface area contributed by atoms with Gasteiger partial charge in [-0.15, -0.1) is 10.2 Å². The molecule has 1 aromatic carbocycles. The first-order valence-electron chi connectivity index (χ1n) is 8.84. The van der Waals surface area contributed by atoms with Gasteiger partial charge in [-0.05, 0) is 30.2 Å². The molecule has 0 bridgehead atoms. The van der Waals surface area contributed by atoms with E-state index in [0.29, 0.717) is 22.8 Å². The Morgan fingerprint density at radius 3 is 2.85 bits per heavy atom. The summed E-state index contributed by atoms with van der Waals surface area (Å²) in [6, 6.07) is 12.8. The van der Waals surface area contributed by atoms with E-state index in [1.165, 1.54) is 6.07 Å². The van der Waals surface area contributed by atoms with Crippen LogP contribution in [0.15, 0.2) is 59.8 Å². The van der Waals surface area contributed by atoms with Gasteiger partial charge in [-0.1, -0.05) is 26.0 Å². The number of hydrogen-bond acceptors (Lipinski definition) is 5. The Morgan fingerprint density at radius 1 is 1.15 bits per heavy atom. The summed E-state index contributed by atoms with van der Waals surface area (Å²) in [4.78, 5) is 20.1. The van der Waals surface area contributed by atoms with Crippen LogP contribution in [0.2, 0.25) is 0 Å². The lowest BCUT2D eigenvalue weighted by Gasteiger charge is -2.11. The fraction of sp³-hybridized carbons (Fsp3) is 0.200. The number of anilines is 2. The molecular formula is C20H20N6O. The van der Waals surface area contributed by atoms with Crippen LogP contribution in [0, 0.1) is 5.92 Å². The quantitative estimate of drug-likeness (QED) is 0.568. The first-order valence-corrected chi connectivity index (χ1v) is 8.84. The maximum Gasteiger partial charge on any atom is 0.191 e. The predicted octanol–water partition coefficient (Wildman–Crippen LogP) is 3.58. The highest BCUT2D eigenvalue weighted by Crippen LogP contribution is 2.24. The van der Waals surface area contributed by atoms with Crippen molar-refractivity contribution in [2.45, 2.75) is 20.4 Å². The average molecular weight is 360 g/mol. The number of aromatic nitrogens is 5. The van der Waals surface area contributed by atoms with Crippen LogP contribution in [-0.4, -0.2) is 24.7 Å². The third-order valence-electron chi connectivity index (χ3n) is 4.20. The summed E-state index contributed by atoms with van der Waals surface area (Å²) in [5.41, 5.74) is 2.18. The van der Waals surface area contributed by atoms with Crippen molar-refractivity contribution >= 4 is 22.4 Å². The van der Waals surface area contributed by atoms with Crippen LogP contribution in [0.3, 0.4) is 0 Å². The topological polar surface area (TPSA) is 88.5 Å². The van der Waals surface area contributed by atoms with Crippen LogP contribution in [-0.2, 0) is 6.54 Å². The fourth-order valence-corrected chi connectivity index (χ4v) is 3.08. The minimum absolute atomic E-state index is 0.0420. The smallest absolute Gasteiger partial charge is 0.191 e. The zero-order valence-corrected chi connectivity index (χ0v) is 15.2. The summed E-state index contributed by atoms with van der Waals surface area (Å²) < 4.78 is 2.00. The molecule has 0 aliphatic rings. The second-order valence-corrected chi connectivity index (χ2v) is 6.80. The van der Waals surface area contributed by atoms with Gasteiger partial charge in [0.25, 0.3) is 0 Å². The normalized spacial score (nSPS) is 11.2. The Balaban J connectivity index is 1.71. The molecule has 0 aliphatic heterocycles. The van der Waals surface area contributed by atoms with E-state index >= 15 is 0 Å². The second kappa shape index (κ2) is 7.03. The van der Waals surface area contributed by atoms with E-state index < -0.39 is 0 Å². The van der Waals surface area contributed by atoms with Crippen LogP contribution in [0.5, 0.6) is 0 Å². The molecule has 4 rings (SSSR count). The average Bonchev–Trinajstić information content (AvgIpc) is 3.10. The highest BCUT2D eigenvalue weighted by molar-refractivity contribution is 5.92. The molecular weight excluding hydrogens is 340 g/mol. The van der Waals surface area contributed by atoms with E-state index in [9.17, 15) is 4.79 Å². The summed E-state index contributed by atoms with van der Waals surface area (Å²) in [5, 5.41) is 12.1. The minimum Gasteiger partial charge on any atom is -0.361 e. The van der Waals surface area contributed by atoms with E-state index in [2.05, 4.69) is 39.3 Å². The third kappa shape index (κ3) is 3.44. The van der Waals surface area contributed by atoms with Crippen LogP contribution in [0.1, 0.15) is 13.8 Å². The van der Waals surface area contributed by atoms with Crippen LogP contribution >= 0.6 is 0 Å². The van der Waals surface area contributed by atoms with Crippen LogP contribution < -0.4 is 10.7 Å². The number of fused-ring (bicyclic) bond motifs is 1. The molecule has 3 heterocycles. The van der Waals surface area contributed by atoms with Gasteiger partial charge in [0.2, 0.25) is 0 Å². The van der Waals surface area contributed by atoms with E-state index in [1.807, 2.05) is 41.0 Å².